The first-order chi connectivity index (χ1) is 6.69. The van der Waals surface area contributed by atoms with Crippen molar-refractivity contribution in [1.29, 1.82) is 0 Å². The van der Waals surface area contributed by atoms with Crippen molar-refractivity contribution in [3.63, 3.8) is 0 Å². The highest BCUT2D eigenvalue weighted by atomic mass is 16.7. The third-order valence-corrected chi connectivity index (χ3v) is 1.86. The maximum atomic E-state index is 11.4. The molecule has 1 saturated heterocycles. The lowest BCUT2D eigenvalue weighted by atomic mass is 10.1. The zero-order valence-corrected chi connectivity index (χ0v) is 8.11. The minimum absolute atomic E-state index is 0.145. The highest BCUT2D eigenvalue weighted by Gasteiger charge is 2.27. The van der Waals surface area contributed by atoms with Gasteiger partial charge in [0.1, 0.15) is 0 Å². The van der Waals surface area contributed by atoms with Crippen LogP contribution in [0.15, 0.2) is 11.6 Å². The molecule has 0 aromatic rings. The third kappa shape index (κ3) is 2.40. The van der Waals surface area contributed by atoms with Gasteiger partial charge in [-0.3, -0.25) is 4.79 Å². The summed E-state index contributed by atoms with van der Waals surface area (Å²) in [7, 11) is 2.66. The molecule has 1 heterocycles. The van der Waals surface area contributed by atoms with Crippen molar-refractivity contribution >= 4 is 11.8 Å². The summed E-state index contributed by atoms with van der Waals surface area (Å²) >= 11 is 0. The van der Waals surface area contributed by atoms with Crippen LogP contribution in [0.1, 0.15) is 6.42 Å². The molecule has 78 valence electrons. The molecule has 0 aliphatic carbocycles. The lowest BCUT2D eigenvalue weighted by Gasteiger charge is -2.22. The van der Waals surface area contributed by atoms with Gasteiger partial charge in [-0.15, -0.1) is 0 Å². The van der Waals surface area contributed by atoms with E-state index in [1.807, 2.05) is 0 Å². The molecule has 1 aliphatic rings. The summed E-state index contributed by atoms with van der Waals surface area (Å²) in [6, 6.07) is 0. The van der Waals surface area contributed by atoms with E-state index in [2.05, 4.69) is 4.74 Å². The zero-order chi connectivity index (χ0) is 10.6. The van der Waals surface area contributed by atoms with E-state index in [1.165, 1.54) is 14.2 Å². The molecule has 0 amide bonds. The average Bonchev–Trinajstić information content (AvgIpc) is 2.20. The van der Waals surface area contributed by atoms with Crippen LogP contribution in [0.25, 0.3) is 0 Å². The van der Waals surface area contributed by atoms with Crippen molar-refractivity contribution in [2.45, 2.75) is 12.7 Å². The van der Waals surface area contributed by atoms with Crippen molar-refractivity contribution in [3.8, 4) is 0 Å². The highest BCUT2D eigenvalue weighted by molar-refractivity contribution is 6.01. The molecule has 1 unspecified atom stereocenters. The van der Waals surface area contributed by atoms with Gasteiger partial charge < -0.3 is 14.2 Å². The van der Waals surface area contributed by atoms with Crippen LogP contribution in [0.3, 0.4) is 0 Å². The Kier molecular flexibility index (Phi) is 3.79. The Hall–Kier alpha value is -1.20. The molecule has 0 radical (unpaired) electrons. The van der Waals surface area contributed by atoms with Gasteiger partial charge >= 0.3 is 5.97 Å². The van der Waals surface area contributed by atoms with Crippen LogP contribution in [0.4, 0.5) is 0 Å². The highest BCUT2D eigenvalue weighted by Crippen LogP contribution is 2.17. The molecule has 0 bridgehead atoms. The number of rotatable bonds is 2. The molecule has 0 aromatic heterocycles. The molecule has 0 N–H and O–H groups in total. The summed E-state index contributed by atoms with van der Waals surface area (Å²) < 4.78 is 14.5. The predicted octanol–water partition coefficient (Wildman–Crippen LogP) is 0.0477. The summed E-state index contributed by atoms with van der Waals surface area (Å²) in [5.41, 5.74) is 0.214. The molecule has 1 aliphatic heterocycles. The SMILES string of the molecule is COC(=O)/C=C1/C(=O)CCOC1OC. The monoisotopic (exact) mass is 200 g/mol. The number of carbonyl (C=O) groups is 2. The van der Waals surface area contributed by atoms with E-state index in [0.717, 1.165) is 6.08 Å². The van der Waals surface area contributed by atoms with Gasteiger partial charge in [-0.05, 0) is 0 Å². The fourth-order valence-corrected chi connectivity index (χ4v) is 1.15. The average molecular weight is 200 g/mol. The largest absolute Gasteiger partial charge is 0.466 e. The van der Waals surface area contributed by atoms with Gasteiger partial charge in [0.15, 0.2) is 12.1 Å². The molecule has 14 heavy (non-hydrogen) atoms. The first-order valence-corrected chi connectivity index (χ1v) is 4.16. The number of hydrogen-bond acceptors (Lipinski definition) is 5. The maximum absolute atomic E-state index is 11.4. The molecule has 5 nitrogen and oxygen atoms in total. The van der Waals surface area contributed by atoms with Crippen molar-refractivity contribution < 1.29 is 23.8 Å². The number of methoxy groups -OCH3 is 2. The quantitative estimate of drug-likeness (QED) is 0.465. The summed E-state index contributed by atoms with van der Waals surface area (Å²) in [5, 5.41) is 0. The predicted molar refractivity (Wildman–Crippen MR) is 46.5 cm³/mol. The smallest absolute Gasteiger partial charge is 0.331 e. The minimum atomic E-state index is -0.754. The minimum Gasteiger partial charge on any atom is -0.466 e. The summed E-state index contributed by atoms with van der Waals surface area (Å²) in [5.74, 6) is -0.727. The first kappa shape index (κ1) is 10.9. The van der Waals surface area contributed by atoms with Gasteiger partial charge in [0.05, 0.1) is 19.3 Å². The van der Waals surface area contributed by atoms with E-state index in [9.17, 15) is 9.59 Å². The lowest BCUT2D eigenvalue weighted by Crippen LogP contribution is -2.31. The number of ether oxygens (including phenoxy) is 3. The summed E-state index contributed by atoms with van der Waals surface area (Å²) in [6.07, 6.45) is 0.619. The van der Waals surface area contributed by atoms with Crippen molar-refractivity contribution in [1.82, 2.24) is 0 Å². The standard InChI is InChI=1S/C9H12O5/c1-12-8(11)5-6-7(10)3-4-14-9(6)13-2/h5,9H,3-4H2,1-2H3/b6-5-. The zero-order valence-electron chi connectivity index (χ0n) is 8.11. The molecule has 0 spiro atoms. The second-order valence-corrected chi connectivity index (χ2v) is 2.73. The van der Waals surface area contributed by atoms with Crippen LogP contribution in [0.5, 0.6) is 0 Å². The van der Waals surface area contributed by atoms with Gasteiger partial charge in [-0.1, -0.05) is 0 Å². The Morgan fingerprint density at radius 3 is 2.86 bits per heavy atom. The fraction of sp³-hybridized carbons (Fsp3) is 0.556. The van der Waals surface area contributed by atoms with Crippen molar-refractivity contribution in [3.05, 3.63) is 11.6 Å². The molecule has 1 atom stereocenters. The van der Waals surface area contributed by atoms with Crippen LogP contribution in [0, 0.1) is 0 Å². The molecule has 0 saturated carbocycles. The summed E-state index contributed by atoms with van der Waals surface area (Å²) in [6.45, 7) is 0.315. The van der Waals surface area contributed by atoms with E-state index < -0.39 is 12.3 Å². The van der Waals surface area contributed by atoms with Crippen molar-refractivity contribution in [2.75, 3.05) is 20.8 Å². The van der Waals surface area contributed by atoms with Crippen LogP contribution < -0.4 is 0 Å². The number of hydrogen-bond donors (Lipinski definition) is 0. The molecule has 5 heteroatoms. The van der Waals surface area contributed by atoms with Crippen LogP contribution in [-0.4, -0.2) is 38.9 Å². The molecular formula is C9H12O5. The maximum Gasteiger partial charge on any atom is 0.331 e. The van der Waals surface area contributed by atoms with Gasteiger partial charge in [0.25, 0.3) is 0 Å². The van der Waals surface area contributed by atoms with Crippen molar-refractivity contribution in [2.24, 2.45) is 0 Å². The van der Waals surface area contributed by atoms with Gasteiger partial charge in [0, 0.05) is 19.6 Å². The van der Waals surface area contributed by atoms with E-state index >= 15 is 0 Å². The van der Waals surface area contributed by atoms with E-state index in [1.54, 1.807) is 0 Å². The van der Waals surface area contributed by atoms with Gasteiger partial charge in [-0.2, -0.15) is 0 Å². The van der Waals surface area contributed by atoms with Crippen LogP contribution >= 0.6 is 0 Å². The number of carbonyl (C=O) groups excluding carboxylic acids is 2. The second-order valence-electron chi connectivity index (χ2n) is 2.73. The van der Waals surface area contributed by atoms with Crippen LogP contribution in [0.2, 0.25) is 0 Å². The fourth-order valence-electron chi connectivity index (χ4n) is 1.15. The van der Waals surface area contributed by atoms with Crippen LogP contribution in [-0.2, 0) is 23.8 Å². The van der Waals surface area contributed by atoms with E-state index in [0.29, 0.717) is 6.61 Å². The Morgan fingerprint density at radius 2 is 2.29 bits per heavy atom. The van der Waals surface area contributed by atoms with E-state index in [-0.39, 0.29) is 17.8 Å². The van der Waals surface area contributed by atoms with Gasteiger partial charge in [0.2, 0.25) is 0 Å². The number of esters is 1. The lowest BCUT2D eigenvalue weighted by molar-refractivity contribution is -0.144. The molecular weight excluding hydrogens is 188 g/mol. The first-order valence-electron chi connectivity index (χ1n) is 4.16. The summed E-state index contributed by atoms with van der Waals surface area (Å²) in [4.78, 5) is 22.3. The second kappa shape index (κ2) is 4.88. The van der Waals surface area contributed by atoms with Gasteiger partial charge in [-0.25, -0.2) is 4.79 Å². The topological polar surface area (TPSA) is 61.8 Å². The Morgan fingerprint density at radius 1 is 1.57 bits per heavy atom. The molecule has 1 fully saturated rings. The Labute approximate surface area is 81.6 Å². The van der Waals surface area contributed by atoms with E-state index in [4.69, 9.17) is 9.47 Å². The number of Topliss-reactive ketones (excluding diaryl/α,β-unsaturated/α-hetero) is 1. The normalized spacial score (nSPS) is 25.1. The third-order valence-electron chi connectivity index (χ3n) is 1.86. The Balaban J connectivity index is 2.83. The number of ketones is 1. The Bertz CT molecular complexity index is 268. The molecule has 1 rings (SSSR count). The molecule has 0 aromatic carbocycles.